The highest BCUT2D eigenvalue weighted by Gasteiger charge is 2.34. The quantitative estimate of drug-likeness (QED) is 0.196. The van der Waals surface area contributed by atoms with E-state index in [0.29, 0.717) is 45.7 Å². The third-order valence-electron chi connectivity index (χ3n) is 6.91. The second-order valence-corrected chi connectivity index (χ2v) is 9.98. The SMILES string of the molecule is Cc1ccn(-c2nc(N(c3ccccc3)c3ccc(-c4cnccn4)c(-n4ccc(C(F)(F)F)n4)n3)ccc2-c2cnccn2)n1. The van der Waals surface area contributed by atoms with Gasteiger partial charge in [-0.25, -0.2) is 19.3 Å². The summed E-state index contributed by atoms with van der Waals surface area (Å²) in [6, 6.07) is 19.3. The molecule has 6 aromatic heterocycles. The number of aryl methyl sites for hydroxylation is 1. The molecule has 0 aliphatic rings. The van der Waals surface area contributed by atoms with Crippen LogP contribution in [0.5, 0.6) is 0 Å². The summed E-state index contributed by atoms with van der Waals surface area (Å²) in [6.07, 6.45) is 7.72. The van der Waals surface area contributed by atoms with Crippen molar-refractivity contribution in [3.8, 4) is 34.2 Å². The topological polar surface area (TPSA) is 116 Å². The van der Waals surface area contributed by atoms with E-state index < -0.39 is 11.9 Å². The fourth-order valence-electron chi connectivity index (χ4n) is 4.84. The van der Waals surface area contributed by atoms with Crippen molar-refractivity contribution >= 4 is 17.3 Å². The summed E-state index contributed by atoms with van der Waals surface area (Å²) in [5, 5.41) is 8.40. The molecule has 0 aliphatic heterocycles. The number of alkyl halides is 3. The first kappa shape index (κ1) is 28.5. The molecule has 0 N–H and O–H groups in total. The minimum Gasteiger partial charge on any atom is -0.279 e. The van der Waals surface area contributed by atoms with Crippen LogP contribution in [-0.4, -0.2) is 49.5 Å². The predicted octanol–water partition coefficient (Wildman–Crippen LogP) is 6.56. The Morgan fingerprint density at radius 2 is 1.20 bits per heavy atom. The summed E-state index contributed by atoms with van der Waals surface area (Å²) in [6.45, 7) is 1.88. The van der Waals surface area contributed by atoms with E-state index in [1.54, 1.807) is 46.5 Å². The lowest BCUT2D eigenvalue weighted by Crippen LogP contribution is -2.16. The van der Waals surface area contributed by atoms with E-state index in [4.69, 9.17) is 9.97 Å². The number of anilines is 3. The minimum absolute atomic E-state index is 0.119. The van der Waals surface area contributed by atoms with Gasteiger partial charge in [-0.05, 0) is 55.5 Å². The Bertz CT molecular complexity index is 2110. The Hall–Kier alpha value is -6.31. The third-order valence-corrected chi connectivity index (χ3v) is 6.91. The summed E-state index contributed by atoms with van der Waals surface area (Å²) in [4.78, 5) is 28.8. The van der Waals surface area contributed by atoms with Crippen LogP contribution in [0, 0.1) is 6.92 Å². The van der Waals surface area contributed by atoms with Gasteiger partial charge in [-0.2, -0.15) is 23.4 Å². The lowest BCUT2D eigenvalue weighted by atomic mass is 10.1. The van der Waals surface area contributed by atoms with Crippen molar-refractivity contribution in [1.29, 1.82) is 0 Å². The molecular formula is C32H22F3N11. The Labute approximate surface area is 259 Å². The highest BCUT2D eigenvalue weighted by atomic mass is 19.4. The number of halogens is 3. The molecule has 46 heavy (non-hydrogen) atoms. The summed E-state index contributed by atoms with van der Waals surface area (Å²) in [7, 11) is 0. The maximum absolute atomic E-state index is 13.6. The average Bonchev–Trinajstić information content (AvgIpc) is 3.76. The van der Waals surface area contributed by atoms with Crippen LogP contribution in [0.25, 0.3) is 34.2 Å². The van der Waals surface area contributed by atoms with E-state index in [0.717, 1.165) is 16.4 Å². The molecule has 6 heterocycles. The van der Waals surface area contributed by atoms with Crippen LogP contribution >= 0.6 is 0 Å². The zero-order chi connectivity index (χ0) is 31.7. The van der Waals surface area contributed by atoms with Crippen molar-refractivity contribution in [2.24, 2.45) is 0 Å². The second-order valence-electron chi connectivity index (χ2n) is 9.98. The lowest BCUT2D eigenvalue weighted by Gasteiger charge is -2.25. The van der Waals surface area contributed by atoms with Gasteiger partial charge in [-0.1, -0.05) is 18.2 Å². The number of nitrogens with zero attached hydrogens (tertiary/aromatic N) is 11. The Morgan fingerprint density at radius 3 is 1.67 bits per heavy atom. The van der Waals surface area contributed by atoms with E-state index in [-0.39, 0.29) is 5.82 Å². The van der Waals surface area contributed by atoms with Gasteiger partial charge in [0.05, 0.1) is 29.5 Å². The van der Waals surface area contributed by atoms with Crippen molar-refractivity contribution in [2.75, 3.05) is 4.90 Å². The number of hydrogen-bond donors (Lipinski definition) is 0. The van der Waals surface area contributed by atoms with Gasteiger partial charge < -0.3 is 0 Å². The molecular weight excluding hydrogens is 595 g/mol. The fraction of sp³-hybridized carbons (Fsp3) is 0.0625. The Balaban J connectivity index is 1.44. The van der Waals surface area contributed by atoms with Crippen LogP contribution in [0.1, 0.15) is 11.4 Å². The van der Waals surface area contributed by atoms with Gasteiger partial charge in [0.1, 0.15) is 11.6 Å². The van der Waals surface area contributed by atoms with Gasteiger partial charge in [0, 0.05) is 54.0 Å². The molecule has 0 amide bonds. The first-order valence-electron chi connectivity index (χ1n) is 13.9. The van der Waals surface area contributed by atoms with E-state index >= 15 is 0 Å². The summed E-state index contributed by atoms with van der Waals surface area (Å²) in [5.41, 5.74) is 2.58. The van der Waals surface area contributed by atoms with Crippen LogP contribution in [0.2, 0.25) is 0 Å². The molecule has 226 valence electrons. The molecule has 0 atom stereocenters. The zero-order valence-electron chi connectivity index (χ0n) is 24.0. The molecule has 0 unspecified atom stereocenters. The van der Waals surface area contributed by atoms with Gasteiger partial charge in [-0.3, -0.25) is 24.8 Å². The van der Waals surface area contributed by atoms with Crippen LogP contribution < -0.4 is 4.90 Å². The predicted molar refractivity (Wildman–Crippen MR) is 163 cm³/mol. The van der Waals surface area contributed by atoms with Crippen molar-refractivity contribution in [3.05, 3.63) is 128 Å². The van der Waals surface area contributed by atoms with Gasteiger partial charge >= 0.3 is 6.18 Å². The van der Waals surface area contributed by atoms with Gasteiger partial charge in [0.2, 0.25) is 0 Å². The minimum atomic E-state index is -4.64. The first-order valence-corrected chi connectivity index (χ1v) is 13.9. The highest BCUT2D eigenvalue weighted by molar-refractivity contribution is 5.78. The smallest absolute Gasteiger partial charge is 0.279 e. The molecule has 0 spiro atoms. The molecule has 7 aromatic rings. The van der Waals surface area contributed by atoms with Crippen LogP contribution in [0.15, 0.2) is 116 Å². The highest BCUT2D eigenvalue weighted by Crippen LogP contribution is 2.37. The van der Waals surface area contributed by atoms with E-state index in [9.17, 15) is 13.2 Å². The van der Waals surface area contributed by atoms with Crippen molar-refractivity contribution in [1.82, 2.24) is 49.5 Å². The van der Waals surface area contributed by atoms with Gasteiger partial charge in [-0.15, -0.1) is 0 Å². The monoisotopic (exact) mass is 617 g/mol. The number of aromatic nitrogens is 10. The maximum atomic E-state index is 13.6. The van der Waals surface area contributed by atoms with E-state index in [2.05, 4.69) is 30.1 Å². The maximum Gasteiger partial charge on any atom is 0.435 e. The normalized spacial score (nSPS) is 11.5. The van der Waals surface area contributed by atoms with Crippen LogP contribution in [0.3, 0.4) is 0 Å². The molecule has 11 nitrogen and oxygen atoms in total. The largest absolute Gasteiger partial charge is 0.435 e. The molecule has 0 bridgehead atoms. The number of pyridine rings is 2. The van der Waals surface area contributed by atoms with Crippen molar-refractivity contribution < 1.29 is 13.2 Å². The van der Waals surface area contributed by atoms with Gasteiger partial charge in [0.25, 0.3) is 0 Å². The van der Waals surface area contributed by atoms with Gasteiger partial charge in [0.15, 0.2) is 17.3 Å². The molecule has 0 aliphatic carbocycles. The Morgan fingerprint density at radius 1 is 0.630 bits per heavy atom. The summed E-state index contributed by atoms with van der Waals surface area (Å²) in [5.74, 6) is 1.43. The molecule has 0 fully saturated rings. The molecule has 0 radical (unpaired) electrons. The fourth-order valence-corrected chi connectivity index (χ4v) is 4.84. The average molecular weight is 618 g/mol. The number of rotatable bonds is 7. The van der Waals surface area contributed by atoms with Crippen molar-refractivity contribution in [2.45, 2.75) is 13.1 Å². The van der Waals surface area contributed by atoms with E-state index in [1.807, 2.05) is 55.5 Å². The third kappa shape index (κ3) is 5.54. The number of hydrogen-bond acceptors (Lipinski definition) is 9. The molecule has 1 aromatic carbocycles. The molecule has 0 saturated carbocycles. The molecule has 0 saturated heterocycles. The summed E-state index contributed by atoms with van der Waals surface area (Å²) >= 11 is 0. The molecule has 14 heteroatoms. The Kier molecular flexibility index (Phi) is 7.21. The zero-order valence-corrected chi connectivity index (χ0v) is 24.0. The van der Waals surface area contributed by atoms with Crippen LogP contribution in [-0.2, 0) is 6.18 Å². The second kappa shape index (κ2) is 11.6. The number of benzene rings is 1. The standard InChI is InChI=1S/C32H22F3N11/c1-21-11-17-44(42-21)30-23(25-19-36-13-15-38-25)7-9-28(40-30)46(22-5-3-2-4-6-22)29-10-8-24(26-20-37-14-16-39-26)31(41-29)45-18-12-27(43-45)32(33,34)35/h2-20H,1H3. The van der Waals surface area contributed by atoms with Crippen LogP contribution in [0.4, 0.5) is 30.5 Å². The lowest BCUT2D eigenvalue weighted by molar-refractivity contribution is -0.141. The first-order chi connectivity index (χ1) is 22.3. The molecule has 7 rings (SSSR count). The van der Waals surface area contributed by atoms with E-state index in [1.165, 1.54) is 24.8 Å². The summed E-state index contributed by atoms with van der Waals surface area (Å²) < 4.78 is 43.5. The number of para-hydroxylation sites is 1. The van der Waals surface area contributed by atoms with Crippen molar-refractivity contribution in [3.63, 3.8) is 0 Å².